The van der Waals surface area contributed by atoms with E-state index < -0.39 is 10.8 Å². The number of hydrogen-bond acceptors (Lipinski definition) is 3. The second-order valence-electron chi connectivity index (χ2n) is 5.26. The van der Waals surface area contributed by atoms with Gasteiger partial charge in [0.05, 0.1) is 19.7 Å². The van der Waals surface area contributed by atoms with Gasteiger partial charge < -0.3 is 4.74 Å². The first-order valence-corrected chi connectivity index (χ1v) is 6.39. The average Bonchev–Trinajstić information content (AvgIpc) is 2.37. The molecule has 0 N–H and O–H groups in total. The van der Waals surface area contributed by atoms with Gasteiger partial charge in [-0.1, -0.05) is 26.6 Å². The highest BCUT2D eigenvalue weighted by atomic mass is 16.5. The molecule has 5 heteroatoms. The zero-order valence-corrected chi connectivity index (χ0v) is 12.4. The summed E-state index contributed by atoms with van der Waals surface area (Å²) in [5.41, 5.74) is -1.42. The maximum atomic E-state index is 12.0. The molecule has 0 aromatic carbocycles. The highest BCUT2D eigenvalue weighted by Gasteiger charge is 2.49. The Morgan fingerprint density at radius 3 is 1.89 bits per heavy atom. The van der Waals surface area contributed by atoms with Crippen molar-refractivity contribution in [2.75, 3.05) is 7.11 Å². The zero-order valence-electron chi connectivity index (χ0n) is 12.4. The van der Waals surface area contributed by atoms with Gasteiger partial charge in [-0.3, -0.25) is 9.59 Å². The summed E-state index contributed by atoms with van der Waals surface area (Å²) in [6.45, 7) is 9.06. The predicted molar refractivity (Wildman–Crippen MR) is 74.8 cm³/mol. The number of esters is 1. The van der Waals surface area contributed by atoms with Gasteiger partial charge >= 0.3 is 5.97 Å². The van der Waals surface area contributed by atoms with Gasteiger partial charge in [-0.15, -0.1) is 0 Å². The standard InChI is InChI=1S/C13H23B2O3/c1-7-12(4,9(3)16)10(15-14)13(5,8-2)11(17)18-6/h10H,7-8H2,1-6H3. The number of carbonyl (C=O) groups is 2. The van der Waals surface area contributed by atoms with E-state index in [-0.39, 0.29) is 17.6 Å². The minimum atomic E-state index is -0.778. The van der Waals surface area contributed by atoms with Crippen LogP contribution in [-0.2, 0) is 14.3 Å². The molecule has 0 heterocycles. The Bertz CT molecular complexity index is 319. The fourth-order valence-electron chi connectivity index (χ4n) is 2.54. The van der Waals surface area contributed by atoms with E-state index in [9.17, 15) is 9.59 Å². The lowest BCUT2D eigenvalue weighted by atomic mass is 9.34. The minimum absolute atomic E-state index is 0.0419. The van der Waals surface area contributed by atoms with Crippen LogP contribution in [0, 0.1) is 10.8 Å². The zero-order chi connectivity index (χ0) is 14.6. The van der Waals surface area contributed by atoms with Crippen LogP contribution in [0.4, 0.5) is 0 Å². The van der Waals surface area contributed by atoms with Crippen molar-refractivity contribution in [2.24, 2.45) is 10.8 Å². The summed E-state index contributed by atoms with van der Waals surface area (Å²) >= 11 is 0. The first kappa shape index (κ1) is 17.3. The van der Waals surface area contributed by atoms with E-state index in [4.69, 9.17) is 12.5 Å². The lowest BCUT2D eigenvalue weighted by Crippen LogP contribution is -2.46. The van der Waals surface area contributed by atoms with Crippen molar-refractivity contribution >= 4 is 26.7 Å². The summed E-state index contributed by atoms with van der Waals surface area (Å²) in [5.74, 6) is -0.622. The van der Waals surface area contributed by atoms with E-state index in [0.29, 0.717) is 12.8 Å². The maximum absolute atomic E-state index is 12.0. The number of carbonyl (C=O) groups excluding carboxylic acids is 2. The molecule has 3 nitrogen and oxygen atoms in total. The monoisotopic (exact) mass is 249 g/mol. The topological polar surface area (TPSA) is 43.4 Å². The van der Waals surface area contributed by atoms with Gasteiger partial charge in [0.25, 0.3) is 0 Å². The summed E-state index contributed by atoms with van der Waals surface area (Å²) in [7, 11) is 8.58. The van der Waals surface area contributed by atoms with Crippen LogP contribution in [-0.4, -0.2) is 33.8 Å². The van der Waals surface area contributed by atoms with Gasteiger partial charge in [0, 0.05) is 13.2 Å². The molecule has 0 rings (SSSR count). The van der Waals surface area contributed by atoms with Crippen LogP contribution >= 0.6 is 0 Å². The van der Waals surface area contributed by atoms with Crippen LogP contribution < -0.4 is 0 Å². The molecule has 0 aliphatic carbocycles. The largest absolute Gasteiger partial charge is 0.469 e. The van der Waals surface area contributed by atoms with Gasteiger partial charge in [0.2, 0.25) is 0 Å². The third-order valence-electron chi connectivity index (χ3n) is 4.49. The van der Waals surface area contributed by atoms with Crippen LogP contribution in [0.25, 0.3) is 0 Å². The lowest BCUT2D eigenvalue weighted by Gasteiger charge is -2.44. The molecule has 0 fully saturated rings. The van der Waals surface area contributed by atoms with Gasteiger partial charge in [0.1, 0.15) is 5.78 Å². The summed E-state index contributed by atoms with van der Waals surface area (Å²) in [4.78, 5) is 24.0. The number of hydrogen-bond donors (Lipinski definition) is 0. The molecule has 0 aliphatic heterocycles. The van der Waals surface area contributed by atoms with Crippen molar-refractivity contribution in [2.45, 2.75) is 53.3 Å². The van der Waals surface area contributed by atoms with E-state index >= 15 is 0 Å². The average molecular weight is 249 g/mol. The van der Waals surface area contributed by atoms with Crippen LogP contribution in [0.5, 0.6) is 0 Å². The van der Waals surface area contributed by atoms with E-state index in [1.165, 1.54) is 14.3 Å². The number of methoxy groups -OCH3 is 1. The number of rotatable bonds is 7. The van der Waals surface area contributed by atoms with E-state index in [1.54, 1.807) is 6.92 Å². The molecule has 0 saturated heterocycles. The molecule has 18 heavy (non-hydrogen) atoms. The highest BCUT2D eigenvalue weighted by molar-refractivity contribution is 6.90. The third-order valence-corrected chi connectivity index (χ3v) is 4.49. The van der Waals surface area contributed by atoms with Crippen LogP contribution in [0.1, 0.15) is 47.5 Å². The van der Waals surface area contributed by atoms with Crippen LogP contribution in [0.2, 0.25) is 5.82 Å². The van der Waals surface area contributed by atoms with Crippen molar-refractivity contribution in [1.29, 1.82) is 0 Å². The van der Waals surface area contributed by atoms with Gasteiger partial charge in [-0.25, -0.2) is 0 Å². The molecule has 0 aromatic heterocycles. The number of Topliss-reactive ketones (excluding diaryl/α,β-unsaturated/α-hetero) is 1. The Kier molecular flexibility index (Phi) is 6.18. The Morgan fingerprint density at radius 2 is 1.67 bits per heavy atom. The molecule has 0 spiro atoms. The lowest BCUT2D eigenvalue weighted by molar-refractivity contribution is -0.154. The molecule has 3 radical (unpaired) electrons. The summed E-state index contributed by atoms with van der Waals surface area (Å²) in [6.07, 6.45) is 1.20. The predicted octanol–water partition coefficient (Wildman–Crippen LogP) is 2.16. The van der Waals surface area contributed by atoms with Crippen molar-refractivity contribution < 1.29 is 14.3 Å². The number of ketones is 1. The first-order valence-electron chi connectivity index (χ1n) is 6.39. The molecule has 0 aliphatic rings. The molecular formula is C13H23B2O3. The molecule has 0 saturated carbocycles. The Hall–Kier alpha value is -0.730. The second-order valence-corrected chi connectivity index (χ2v) is 5.26. The SMILES string of the molecule is [B][B]C(C(C)(CC)C(C)=O)C(C)(CC)C(=O)OC. The summed E-state index contributed by atoms with van der Waals surface area (Å²) in [6, 6.07) is 0. The third kappa shape index (κ3) is 2.81. The Balaban J connectivity index is 5.66. The maximum Gasteiger partial charge on any atom is 0.311 e. The normalized spacial score (nSPS) is 19.2. The molecule has 0 aromatic rings. The Morgan fingerprint density at radius 1 is 1.22 bits per heavy atom. The van der Waals surface area contributed by atoms with Gasteiger partial charge in [-0.05, 0) is 26.7 Å². The smallest absolute Gasteiger partial charge is 0.311 e. The quantitative estimate of drug-likeness (QED) is 0.512. The van der Waals surface area contributed by atoms with Crippen molar-refractivity contribution in [1.82, 2.24) is 0 Å². The number of ether oxygens (including phenoxy) is 1. The molecule has 3 atom stereocenters. The summed E-state index contributed by atoms with van der Waals surface area (Å²) < 4.78 is 4.88. The molecule has 0 amide bonds. The van der Waals surface area contributed by atoms with E-state index in [0.717, 1.165) is 0 Å². The van der Waals surface area contributed by atoms with Crippen molar-refractivity contribution in [3.8, 4) is 0 Å². The molecular weight excluding hydrogens is 226 g/mol. The molecule has 0 bridgehead atoms. The fourth-order valence-corrected chi connectivity index (χ4v) is 2.54. The molecule has 99 valence electrons. The van der Waals surface area contributed by atoms with Crippen LogP contribution in [0.3, 0.4) is 0 Å². The first-order chi connectivity index (χ1) is 8.24. The van der Waals surface area contributed by atoms with Crippen molar-refractivity contribution in [3.05, 3.63) is 0 Å². The van der Waals surface area contributed by atoms with E-state index in [2.05, 4.69) is 0 Å². The minimum Gasteiger partial charge on any atom is -0.469 e. The second kappa shape index (κ2) is 6.44. The van der Waals surface area contributed by atoms with Crippen LogP contribution in [0.15, 0.2) is 0 Å². The van der Waals surface area contributed by atoms with Crippen molar-refractivity contribution in [3.63, 3.8) is 0 Å². The van der Waals surface area contributed by atoms with E-state index in [1.807, 2.05) is 27.7 Å². The fraction of sp³-hybridized carbons (Fsp3) is 0.846. The molecule has 3 unspecified atom stereocenters. The Labute approximate surface area is 113 Å². The summed E-state index contributed by atoms with van der Waals surface area (Å²) in [5, 5.41) is 0. The highest BCUT2D eigenvalue weighted by Crippen LogP contribution is 2.49. The van der Waals surface area contributed by atoms with Gasteiger partial charge in [-0.2, -0.15) is 0 Å². The van der Waals surface area contributed by atoms with Gasteiger partial charge in [0.15, 0.2) is 0 Å².